The minimum atomic E-state index is -0.319. The van der Waals surface area contributed by atoms with Gasteiger partial charge in [0.15, 0.2) is 5.13 Å². The minimum absolute atomic E-state index is 0.147. The zero-order chi connectivity index (χ0) is 18.8. The predicted octanol–water partition coefficient (Wildman–Crippen LogP) is 3.18. The van der Waals surface area contributed by atoms with Crippen LogP contribution in [-0.2, 0) is 11.3 Å². The molecular formula is C20H16N4O2S. The molecule has 134 valence electrons. The molecular weight excluding hydrogens is 360 g/mol. The summed E-state index contributed by atoms with van der Waals surface area (Å²) in [5.74, 6) is -0.256. The summed E-state index contributed by atoms with van der Waals surface area (Å²) in [6, 6.07) is 20.3. The van der Waals surface area contributed by atoms with Crippen LogP contribution in [0.5, 0.6) is 0 Å². The summed E-state index contributed by atoms with van der Waals surface area (Å²) >= 11 is 1.43. The normalized spacial score (nSPS) is 10.9. The number of hydrogen-bond donors (Lipinski definition) is 0. The van der Waals surface area contributed by atoms with Crippen molar-refractivity contribution in [3.63, 3.8) is 0 Å². The van der Waals surface area contributed by atoms with Crippen molar-refractivity contribution in [1.29, 1.82) is 0 Å². The maximum atomic E-state index is 12.7. The van der Waals surface area contributed by atoms with Gasteiger partial charge in [-0.25, -0.2) is 9.67 Å². The van der Waals surface area contributed by atoms with Crippen molar-refractivity contribution in [2.45, 2.75) is 6.54 Å². The minimum Gasteiger partial charge on any atom is -0.290 e. The monoisotopic (exact) mass is 376 g/mol. The number of rotatable bonds is 4. The Morgan fingerprint density at radius 1 is 1.04 bits per heavy atom. The number of para-hydroxylation sites is 1. The molecule has 7 heteroatoms. The Bertz CT molecular complexity index is 1130. The maximum absolute atomic E-state index is 12.7. The Balaban J connectivity index is 1.59. The topological polar surface area (TPSA) is 68.1 Å². The number of fused-ring (bicyclic) bond motifs is 1. The van der Waals surface area contributed by atoms with Crippen LogP contribution in [0.3, 0.4) is 0 Å². The number of carbonyl (C=O) groups excluding carboxylic acids is 1. The molecule has 0 spiro atoms. The van der Waals surface area contributed by atoms with Crippen LogP contribution in [0.2, 0.25) is 0 Å². The third-order valence-corrected chi connectivity index (χ3v) is 5.28. The molecule has 0 bridgehead atoms. The molecule has 2 heterocycles. The van der Waals surface area contributed by atoms with E-state index >= 15 is 0 Å². The highest BCUT2D eigenvalue weighted by Gasteiger charge is 2.17. The molecule has 0 aliphatic rings. The lowest BCUT2D eigenvalue weighted by atomic mass is 10.1. The fourth-order valence-electron chi connectivity index (χ4n) is 2.67. The lowest BCUT2D eigenvalue weighted by molar-refractivity contribution is -0.119. The van der Waals surface area contributed by atoms with E-state index in [9.17, 15) is 9.59 Å². The third-order valence-electron chi connectivity index (χ3n) is 4.16. The highest BCUT2D eigenvalue weighted by Crippen LogP contribution is 2.27. The first-order valence-corrected chi connectivity index (χ1v) is 9.19. The molecule has 2 aromatic heterocycles. The highest BCUT2D eigenvalue weighted by molar-refractivity contribution is 7.22. The molecule has 0 aliphatic carbocycles. The van der Waals surface area contributed by atoms with E-state index in [0.717, 1.165) is 15.8 Å². The largest absolute Gasteiger partial charge is 0.290 e. The Morgan fingerprint density at radius 3 is 2.56 bits per heavy atom. The van der Waals surface area contributed by atoms with E-state index in [1.54, 1.807) is 13.1 Å². The first-order chi connectivity index (χ1) is 13.1. The molecule has 1 amide bonds. The van der Waals surface area contributed by atoms with Gasteiger partial charge >= 0.3 is 0 Å². The lowest BCUT2D eigenvalue weighted by Crippen LogP contribution is -2.34. The molecule has 0 N–H and O–H groups in total. The molecule has 6 nitrogen and oxygen atoms in total. The van der Waals surface area contributed by atoms with Gasteiger partial charge in [0.2, 0.25) is 5.91 Å². The summed E-state index contributed by atoms with van der Waals surface area (Å²) in [4.78, 5) is 30.8. The first kappa shape index (κ1) is 17.1. The number of anilines is 1. The van der Waals surface area contributed by atoms with Crippen LogP contribution in [0.1, 0.15) is 0 Å². The van der Waals surface area contributed by atoms with Crippen molar-refractivity contribution in [3.05, 3.63) is 77.1 Å². The molecule has 4 rings (SSSR count). The van der Waals surface area contributed by atoms with Gasteiger partial charge in [-0.1, -0.05) is 53.8 Å². The number of likely N-dealkylation sites (N-methyl/N-ethyl adjacent to an activating group) is 1. The van der Waals surface area contributed by atoms with Gasteiger partial charge in [0.1, 0.15) is 6.54 Å². The molecule has 0 fully saturated rings. The summed E-state index contributed by atoms with van der Waals surface area (Å²) in [5, 5.41) is 4.93. The van der Waals surface area contributed by atoms with E-state index < -0.39 is 0 Å². The van der Waals surface area contributed by atoms with E-state index in [2.05, 4.69) is 10.1 Å². The summed E-state index contributed by atoms with van der Waals surface area (Å²) in [5.41, 5.74) is 2.06. The van der Waals surface area contributed by atoms with E-state index in [1.807, 2.05) is 54.6 Å². The van der Waals surface area contributed by atoms with Crippen LogP contribution < -0.4 is 10.5 Å². The molecule has 4 aromatic rings. The van der Waals surface area contributed by atoms with Crippen LogP contribution in [-0.4, -0.2) is 27.7 Å². The first-order valence-electron chi connectivity index (χ1n) is 8.37. The average Bonchev–Trinajstić information content (AvgIpc) is 3.14. The smallest absolute Gasteiger partial charge is 0.267 e. The fraction of sp³-hybridized carbons (Fsp3) is 0.100. The standard InChI is InChI=1S/C20H16N4O2S/c1-23(20-21-16-9-5-6-10-17(16)27-20)19(26)13-24-18(25)12-11-15(22-24)14-7-3-2-4-8-14/h2-12H,13H2,1H3. The molecule has 0 saturated heterocycles. The van der Waals surface area contributed by atoms with Crippen LogP contribution in [0.4, 0.5) is 5.13 Å². The lowest BCUT2D eigenvalue weighted by Gasteiger charge is -2.14. The number of thiazole rings is 1. The summed E-state index contributed by atoms with van der Waals surface area (Å²) in [6.07, 6.45) is 0. The SMILES string of the molecule is CN(C(=O)Cn1nc(-c2ccccc2)ccc1=O)c1nc2ccccc2s1. The molecule has 0 aliphatic heterocycles. The number of carbonyl (C=O) groups is 1. The number of hydrogen-bond acceptors (Lipinski definition) is 5. The van der Waals surface area contributed by atoms with Gasteiger partial charge < -0.3 is 0 Å². The van der Waals surface area contributed by atoms with E-state index in [4.69, 9.17) is 0 Å². The second-order valence-corrected chi connectivity index (χ2v) is 7.01. The van der Waals surface area contributed by atoms with Gasteiger partial charge in [-0.3, -0.25) is 14.5 Å². The molecule has 27 heavy (non-hydrogen) atoms. The van der Waals surface area contributed by atoms with Gasteiger partial charge in [0.05, 0.1) is 15.9 Å². The molecule has 0 radical (unpaired) electrons. The van der Waals surface area contributed by atoms with Crippen molar-refractivity contribution in [1.82, 2.24) is 14.8 Å². The molecule has 0 atom stereocenters. The number of nitrogens with zero attached hydrogens (tertiary/aromatic N) is 4. The van der Waals surface area contributed by atoms with Gasteiger partial charge in [0.25, 0.3) is 5.56 Å². The number of aromatic nitrogens is 3. The zero-order valence-electron chi connectivity index (χ0n) is 14.6. The van der Waals surface area contributed by atoms with E-state index in [0.29, 0.717) is 10.8 Å². The van der Waals surface area contributed by atoms with Crippen LogP contribution in [0.15, 0.2) is 71.5 Å². The van der Waals surface area contributed by atoms with E-state index in [-0.39, 0.29) is 18.0 Å². The summed E-state index contributed by atoms with van der Waals surface area (Å²) in [7, 11) is 1.66. The molecule has 0 unspecified atom stereocenters. The van der Waals surface area contributed by atoms with Gasteiger partial charge in [-0.15, -0.1) is 0 Å². The number of benzene rings is 2. The van der Waals surface area contributed by atoms with E-state index in [1.165, 1.54) is 27.0 Å². The van der Waals surface area contributed by atoms with Crippen LogP contribution >= 0.6 is 11.3 Å². The van der Waals surface area contributed by atoms with Gasteiger partial charge in [-0.05, 0) is 18.2 Å². The van der Waals surface area contributed by atoms with Crippen molar-refractivity contribution in [2.75, 3.05) is 11.9 Å². The van der Waals surface area contributed by atoms with Crippen LogP contribution in [0.25, 0.3) is 21.5 Å². The van der Waals surface area contributed by atoms with Crippen molar-refractivity contribution < 1.29 is 4.79 Å². The Hall–Kier alpha value is -3.32. The average molecular weight is 376 g/mol. The van der Waals surface area contributed by atoms with Gasteiger partial charge in [-0.2, -0.15) is 5.10 Å². The summed E-state index contributed by atoms with van der Waals surface area (Å²) in [6.45, 7) is -0.147. The third kappa shape index (κ3) is 3.50. The highest BCUT2D eigenvalue weighted by atomic mass is 32.1. The fourth-order valence-corrected chi connectivity index (χ4v) is 3.61. The second-order valence-electron chi connectivity index (χ2n) is 6.00. The van der Waals surface area contributed by atoms with Gasteiger partial charge in [0, 0.05) is 18.7 Å². The Kier molecular flexibility index (Phi) is 4.52. The number of amides is 1. The predicted molar refractivity (Wildman–Crippen MR) is 107 cm³/mol. The molecule has 0 saturated carbocycles. The summed E-state index contributed by atoms with van der Waals surface area (Å²) < 4.78 is 2.20. The van der Waals surface area contributed by atoms with Crippen molar-refractivity contribution in [3.8, 4) is 11.3 Å². The van der Waals surface area contributed by atoms with Crippen molar-refractivity contribution in [2.24, 2.45) is 0 Å². The Morgan fingerprint density at radius 2 is 1.78 bits per heavy atom. The van der Waals surface area contributed by atoms with Crippen molar-refractivity contribution >= 4 is 32.6 Å². The molecule has 2 aromatic carbocycles. The second kappa shape index (κ2) is 7.13. The quantitative estimate of drug-likeness (QED) is 0.549. The van der Waals surface area contributed by atoms with Crippen LogP contribution in [0, 0.1) is 0 Å². The maximum Gasteiger partial charge on any atom is 0.267 e. The zero-order valence-corrected chi connectivity index (χ0v) is 15.4. The Labute approximate surface area is 159 Å².